The first-order chi connectivity index (χ1) is 7.29. The first-order valence-electron chi connectivity index (χ1n) is 5.27. The minimum Gasteiger partial charge on any atom is -0.384 e. The van der Waals surface area contributed by atoms with Gasteiger partial charge in [-0.25, -0.2) is 0 Å². The predicted molar refractivity (Wildman–Crippen MR) is 55.6 cm³/mol. The number of nitrogens with one attached hydrogen (secondary N) is 2. The van der Waals surface area contributed by atoms with Gasteiger partial charge in [0, 0.05) is 13.5 Å². The monoisotopic (exact) mass is 212 g/mol. The van der Waals surface area contributed by atoms with Gasteiger partial charge in [0.2, 0.25) is 5.95 Å². The fraction of sp³-hybridized carbons (Fsp3) is 0.778. The van der Waals surface area contributed by atoms with Gasteiger partial charge in [0.15, 0.2) is 13.3 Å². The van der Waals surface area contributed by atoms with Crippen molar-refractivity contribution in [1.29, 1.82) is 0 Å². The molecular formula is C9H18N5O+. The number of fused-ring (bicyclic) bond motifs is 1. The maximum absolute atomic E-state index is 5.04. The number of hydrogen-bond donors (Lipinski definition) is 2. The van der Waals surface area contributed by atoms with Crippen LogP contribution < -0.4 is 10.2 Å². The van der Waals surface area contributed by atoms with E-state index in [1.807, 2.05) is 11.6 Å². The van der Waals surface area contributed by atoms with Gasteiger partial charge in [0.25, 0.3) is 0 Å². The number of hydrogen-bond acceptors (Lipinski definition) is 4. The maximum Gasteiger partial charge on any atom is 0.230 e. The zero-order chi connectivity index (χ0) is 10.7. The summed E-state index contributed by atoms with van der Waals surface area (Å²) in [5.74, 6) is 1.72. The Morgan fingerprint density at radius 2 is 2.47 bits per heavy atom. The second-order valence-electron chi connectivity index (χ2n) is 3.84. The van der Waals surface area contributed by atoms with Crippen molar-refractivity contribution < 1.29 is 9.64 Å². The Hall–Kier alpha value is -1.14. The summed E-state index contributed by atoms with van der Waals surface area (Å²) in [5.41, 5.74) is 0. The molecule has 2 rings (SSSR count). The van der Waals surface area contributed by atoms with Crippen molar-refractivity contribution in [3.63, 3.8) is 0 Å². The van der Waals surface area contributed by atoms with Crippen LogP contribution >= 0.6 is 0 Å². The SMILES string of the molecule is COCCC[NH+]1CNc2nc(C)nn2C1. The minimum atomic E-state index is 0.826. The normalized spacial score (nSPS) is 19.7. The van der Waals surface area contributed by atoms with E-state index in [2.05, 4.69) is 15.4 Å². The van der Waals surface area contributed by atoms with E-state index >= 15 is 0 Å². The molecule has 1 aromatic rings. The van der Waals surface area contributed by atoms with Crippen LogP contribution in [0.15, 0.2) is 0 Å². The summed E-state index contributed by atoms with van der Waals surface area (Å²) in [6, 6.07) is 0. The second-order valence-corrected chi connectivity index (χ2v) is 3.84. The van der Waals surface area contributed by atoms with Gasteiger partial charge in [0.05, 0.1) is 13.2 Å². The summed E-state index contributed by atoms with van der Waals surface area (Å²) in [6.45, 7) is 5.65. The number of ether oxygens (including phenoxy) is 1. The Labute approximate surface area is 89.2 Å². The molecular weight excluding hydrogens is 194 g/mol. The molecule has 0 fully saturated rings. The lowest BCUT2D eigenvalue weighted by atomic mass is 10.4. The van der Waals surface area contributed by atoms with Crippen molar-refractivity contribution >= 4 is 5.95 Å². The van der Waals surface area contributed by atoms with Crippen molar-refractivity contribution in [2.75, 3.05) is 32.2 Å². The van der Waals surface area contributed by atoms with Crippen molar-refractivity contribution in [2.24, 2.45) is 0 Å². The van der Waals surface area contributed by atoms with E-state index in [4.69, 9.17) is 4.74 Å². The van der Waals surface area contributed by atoms with Crippen molar-refractivity contribution in [3.05, 3.63) is 5.82 Å². The molecule has 1 aromatic heterocycles. The van der Waals surface area contributed by atoms with E-state index in [9.17, 15) is 0 Å². The highest BCUT2D eigenvalue weighted by atomic mass is 16.5. The minimum absolute atomic E-state index is 0.826. The molecule has 1 atom stereocenters. The third kappa shape index (κ3) is 2.45. The molecule has 6 nitrogen and oxygen atoms in total. The van der Waals surface area contributed by atoms with Gasteiger partial charge in [-0.2, -0.15) is 9.67 Å². The van der Waals surface area contributed by atoms with Gasteiger partial charge < -0.3 is 10.1 Å². The van der Waals surface area contributed by atoms with E-state index in [0.717, 1.165) is 44.7 Å². The van der Waals surface area contributed by atoms with E-state index in [1.165, 1.54) is 4.90 Å². The van der Waals surface area contributed by atoms with Crippen LogP contribution in [-0.4, -0.2) is 41.7 Å². The van der Waals surface area contributed by atoms with E-state index in [0.29, 0.717) is 0 Å². The van der Waals surface area contributed by atoms with E-state index in [1.54, 1.807) is 7.11 Å². The van der Waals surface area contributed by atoms with Crippen LogP contribution in [0.4, 0.5) is 5.95 Å². The number of anilines is 1. The van der Waals surface area contributed by atoms with Gasteiger partial charge in [-0.05, 0) is 6.92 Å². The highest BCUT2D eigenvalue weighted by Gasteiger charge is 2.19. The summed E-state index contributed by atoms with van der Waals surface area (Å²) < 4.78 is 6.97. The lowest BCUT2D eigenvalue weighted by molar-refractivity contribution is -0.922. The zero-order valence-corrected chi connectivity index (χ0v) is 9.29. The highest BCUT2D eigenvalue weighted by molar-refractivity contribution is 5.24. The Kier molecular flexibility index (Phi) is 3.17. The zero-order valence-electron chi connectivity index (χ0n) is 9.29. The lowest BCUT2D eigenvalue weighted by Gasteiger charge is -2.24. The quantitative estimate of drug-likeness (QED) is 0.619. The Morgan fingerprint density at radius 1 is 1.60 bits per heavy atom. The van der Waals surface area contributed by atoms with Crippen LogP contribution in [0.3, 0.4) is 0 Å². The largest absolute Gasteiger partial charge is 0.384 e. The van der Waals surface area contributed by atoms with Gasteiger partial charge >= 0.3 is 0 Å². The number of methoxy groups -OCH3 is 1. The van der Waals surface area contributed by atoms with Crippen LogP contribution in [0, 0.1) is 6.92 Å². The summed E-state index contributed by atoms with van der Waals surface area (Å²) in [5, 5.41) is 7.59. The smallest absolute Gasteiger partial charge is 0.230 e. The summed E-state index contributed by atoms with van der Waals surface area (Å²) >= 11 is 0. The third-order valence-corrected chi connectivity index (χ3v) is 2.53. The molecule has 0 saturated carbocycles. The van der Waals surface area contributed by atoms with Gasteiger partial charge in [-0.3, -0.25) is 4.90 Å². The molecule has 0 saturated heterocycles. The van der Waals surface area contributed by atoms with Crippen LogP contribution in [0.25, 0.3) is 0 Å². The Balaban J connectivity index is 1.88. The highest BCUT2D eigenvalue weighted by Crippen LogP contribution is 2.03. The van der Waals surface area contributed by atoms with Crippen molar-refractivity contribution in [2.45, 2.75) is 20.0 Å². The maximum atomic E-state index is 5.04. The number of aryl methyl sites for hydroxylation is 1. The van der Waals surface area contributed by atoms with Crippen LogP contribution in [0.5, 0.6) is 0 Å². The topological polar surface area (TPSA) is 56.4 Å². The first-order valence-corrected chi connectivity index (χ1v) is 5.27. The van der Waals surface area contributed by atoms with Crippen LogP contribution in [-0.2, 0) is 11.4 Å². The average Bonchev–Trinajstić information content (AvgIpc) is 2.57. The molecule has 6 heteroatoms. The summed E-state index contributed by atoms with van der Waals surface area (Å²) in [7, 11) is 1.74. The van der Waals surface area contributed by atoms with Gasteiger partial charge in [-0.1, -0.05) is 0 Å². The molecule has 2 N–H and O–H groups in total. The standard InChI is InChI=1S/C9H17N5O/c1-8-11-9-10-6-13(4-3-5-15-2)7-14(9)12-8/h3-7H2,1-2H3,(H,10,11,12)/p+1. The van der Waals surface area contributed by atoms with Crippen LogP contribution in [0.1, 0.15) is 12.2 Å². The number of quaternary nitrogens is 1. The lowest BCUT2D eigenvalue weighted by Crippen LogP contribution is -3.13. The molecule has 15 heavy (non-hydrogen) atoms. The van der Waals surface area contributed by atoms with Crippen LogP contribution in [0.2, 0.25) is 0 Å². The second kappa shape index (κ2) is 4.59. The summed E-state index contributed by atoms with van der Waals surface area (Å²) in [6.07, 6.45) is 1.08. The fourth-order valence-electron chi connectivity index (χ4n) is 1.80. The molecule has 0 aromatic carbocycles. The van der Waals surface area contributed by atoms with E-state index < -0.39 is 0 Å². The molecule has 0 spiro atoms. The van der Waals surface area contributed by atoms with Gasteiger partial charge in [-0.15, -0.1) is 5.10 Å². The van der Waals surface area contributed by atoms with Crippen molar-refractivity contribution in [3.8, 4) is 0 Å². The van der Waals surface area contributed by atoms with Crippen molar-refractivity contribution in [1.82, 2.24) is 14.8 Å². The fourth-order valence-corrected chi connectivity index (χ4v) is 1.80. The molecule has 0 amide bonds. The molecule has 0 aliphatic carbocycles. The molecule has 1 aliphatic heterocycles. The molecule has 0 bridgehead atoms. The molecule has 1 aliphatic rings. The molecule has 2 heterocycles. The number of rotatable bonds is 4. The molecule has 1 unspecified atom stereocenters. The average molecular weight is 212 g/mol. The first kappa shape index (κ1) is 10.4. The third-order valence-electron chi connectivity index (χ3n) is 2.53. The molecule has 84 valence electrons. The van der Waals surface area contributed by atoms with E-state index in [-0.39, 0.29) is 0 Å². The van der Waals surface area contributed by atoms with Gasteiger partial charge in [0.1, 0.15) is 5.82 Å². The Bertz CT molecular complexity index is 324. The Morgan fingerprint density at radius 3 is 3.27 bits per heavy atom. The number of nitrogens with zero attached hydrogens (tertiary/aromatic N) is 3. The summed E-state index contributed by atoms with van der Waals surface area (Å²) in [4.78, 5) is 5.75. The molecule has 0 radical (unpaired) electrons. The predicted octanol–water partition coefficient (Wildman–Crippen LogP) is -1.15. The number of aromatic nitrogens is 3.